The Hall–Kier alpha value is -2.45. The number of aromatic carboxylic acids is 1. The average molecular weight is 331 g/mol. The first-order valence-corrected chi connectivity index (χ1v) is 7.94. The first-order chi connectivity index (χ1) is 11.6. The highest BCUT2D eigenvalue weighted by atomic mass is 16.4. The largest absolute Gasteiger partial charge is 0.476 e. The van der Waals surface area contributed by atoms with Crippen molar-refractivity contribution in [2.75, 3.05) is 44.2 Å². The second-order valence-electron chi connectivity index (χ2n) is 5.85. The van der Waals surface area contributed by atoms with Gasteiger partial charge in [0.25, 0.3) is 0 Å². The lowest BCUT2D eigenvalue weighted by Crippen LogP contribution is -2.47. The fourth-order valence-electron chi connectivity index (χ4n) is 2.77. The van der Waals surface area contributed by atoms with E-state index >= 15 is 0 Å². The van der Waals surface area contributed by atoms with Gasteiger partial charge < -0.3 is 15.1 Å². The molecule has 128 valence electrons. The van der Waals surface area contributed by atoms with Gasteiger partial charge in [0.15, 0.2) is 5.82 Å². The lowest BCUT2D eigenvalue weighted by Gasteiger charge is -2.34. The molecule has 0 unspecified atom stereocenters. The highest BCUT2D eigenvalue weighted by Gasteiger charge is 2.26. The number of piperazine rings is 1. The maximum Gasteiger partial charge on any atom is 0.360 e. The molecule has 0 radical (unpaired) electrons. The monoisotopic (exact) mass is 331 g/mol. The minimum Gasteiger partial charge on any atom is -0.476 e. The van der Waals surface area contributed by atoms with E-state index in [9.17, 15) is 9.90 Å². The van der Waals surface area contributed by atoms with Gasteiger partial charge in [-0.3, -0.25) is 4.90 Å². The molecule has 24 heavy (non-hydrogen) atoms. The Morgan fingerprint density at radius 1 is 1.12 bits per heavy atom. The zero-order valence-electron chi connectivity index (χ0n) is 13.6. The van der Waals surface area contributed by atoms with Crippen LogP contribution in [0.2, 0.25) is 0 Å². The van der Waals surface area contributed by atoms with E-state index in [1.807, 2.05) is 36.1 Å². The Bertz CT molecular complexity index is 705. The van der Waals surface area contributed by atoms with Crippen LogP contribution in [0.15, 0.2) is 24.3 Å². The number of aliphatic hydroxyl groups is 1. The minimum absolute atomic E-state index is 0.0359. The molecule has 0 saturated carbocycles. The van der Waals surface area contributed by atoms with Gasteiger partial charge in [-0.15, -0.1) is 15.0 Å². The molecule has 1 saturated heterocycles. The van der Waals surface area contributed by atoms with Crippen molar-refractivity contribution in [1.29, 1.82) is 0 Å². The summed E-state index contributed by atoms with van der Waals surface area (Å²) >= 11 is 0. The lowest BCUT2D eigenvalue weighted by molar-refractivity contribution is 0.0690. The number of β-amino-alcohol motifs (C(OH)–C–C–N with tert-alkyl or cyclic N) is 1. The summed E-state index contributed by atoms with van der Waals surface area (Å²) in [6.45, 7) is 5.59. The number of rotatable bonds is 5. The number of nitrogens with zero attached hydrogens (tertiary/aromatic N) is 5. The van der Waals surface area contributed by atoms with E-state index in [4.69, 9.17) is 5.11 Å². The summed E-state index contributed by atoms with van der Waals surface area (Å²) in [4.78, 5) is 17.0. The van der Waals surface area contributed by atoms with Gasteiger partial charge in [0, 0.05) is 32.7 Å². The van der Waals surface area contributed by atoms with Gasteiger partial charge in [-0.25, -0.2) is 4.79 Å². The molecule has 8 heteroatoms. The number of aliphatic hydroxyl groups excluding tert-OH is 1. The van der Waals surface area contributed by atoms with Crippen LogP contribution >= 0.6 is 0 Å². The van der Waals surface area contributed by atoms with Crippen molar-refractivity contribution in [3.63, 3.8) is 0 Å². The van der Waals surface area contributed by atoms with E-state index < -0.39 is 5.97 Å². The van der Waals surface area contributed by atoms with E-state index in [-0.39, 0.29) is 12.3 Å². The van der Waals surface area contributed by atoms with Crippen LogP contribution in [-0.4, -0.2) is 75.4 Å². The number of aryl methyl sites for hydroxylation is 1. The Balaban J connectivity index is 1.85. The summed E-state index contributed by atoms with van der Waals surface area (Å²) in [5.74, 6) is -0.687. The Kier molecular flexibility index (Phi) is 4.77. The molecule has 0 atom stereocenters. The van der Waals surface area contributed by atoms with E-state index in [0.29, 0.717) is 25.5 Å². The summed E-state index contributed by atoms with van der Waals surface area (Å²) < 4.78 is 0. The first-order valence-electron chi connectivity index (χ1n) is 7.94. The Labute approximate surface area is 139 Å². The SMILES string of the molecule is Cc1ccc(-n2nc(C(=O)O)c(N3CCN(CCO)CC3)n2)cc1. The van der Waals surface area contributed by atoms with Gasteiger partial charge in [0.1, 0.15) is 0 Å². The molecule has 1 aromatic heterocycles. The van der Waals surface area contributed by atoms with Crippen molar-refractivity contribution in [1.82, 2.24) is 19.9 Å². The van der Waals surface area contributed by atoms with Crippen LogP contribution in [-0.2, 0) is 0 Å². The molecule has 2 N–H and O–H groups in total. The summed E-state index contributed by atoms with van der Waals surface area (Å²) in [6.07, 6.45) is 0. The molecule has 1 aliphatic rings. The van der Waals surface area contributed by atoms with Crippen LogP contribution in [0.4, 0.5) is 5.82 Å². The smallest absolute Gasteiger partial charge is 0.360 e. The summed E-state index contributed by atoms with van der Waals surface area (Å²) in [6, 6.07) is 7.60. The molecular weight excluding hydrogens is 310 g/mol. The predicted molar refractivity (Wildman–Crippen MR) is 88.8 cm³/mol. The standard InChI is InChI=1S/C16H21N5O3/c1-12-2-4-13(5-3-12)21-17-14(16(23)24)15(18-21)20-8-6-19(7-9-20)10-11-22/h2-5,22H,6-11H2,1H3,(H,23,24). The fourth-order valence-corrected chi connectivity index (χ4v) is 2.77. The van der Waals surface area contributed by atoms with Gasteiger partial charge in [-0.2, -0.15) is 0 Å². The summed E-state index contributed by atoms with van der Waals surface area (Å²) in [5.41, 5.74) is 1.81. The zero-order valence-corrected chi connectivity index (χ0v) is 13.6. The van der Waals surface area contributed by atoms with E-state index in [1.165, 1.54) is 4.80 Å². The predicted octanol–water partition coefficient (Wildman–Crippen LogP) is 0.388. The van der Waals surface area contributed by atoms with Crippen molar-refractivity contribution in [2.45, 2.75) is 6.92 Å². The molecule has 3 rings (SSSR count). The van der Waals surface area contributed by atoms with Gasteiger partial charge in [-0.1, -0.05) is 17.7 Å². The van der Waals surface area contributed by atoms with E-state index in [2.05, 4.69) is 15.1 Å². The number of carboxylic acids is 1. The number of carbonyl (C=O) groups is 1. The van der Waals surface area contributed by atoms with Crippen LogP contribution in [0.1, 0.15) is 16.1 Å². The number of anilines is 1. The molecule has 0 amide bonds. The number of carboxylic acid groups (broad SMARTS) is 1. The van der Waals surface area contributed by atoms with Gasteiger partial charge in [0.2, 0.25) is 5.69 Å². The van der Waals surface area contributed by atoms with E-state index in [0.717, 1.165) is 24.3 Å². The summed E-state index contributed by atoms with van der Waals surface area (Å²) in [7, 11) is 0. The molecular formula is C16H21N5O3. The fraction of sp³-hybridized carbons (Fsp3) is 0.438. The quantitative estimate of drug-likeness (QED) is 0.818. The van der Waals surface area contributed by atoms with Crippen LogP contribution < -0.4 is 4.90 Å². The molecule has 1 fully saturated rings. The molecule has 2 aromatic rings. The maximum atomic E-state index is 11.5. The Morgan fingerprint density at radius 2 is 1.79 bits per heavy atom. The van der Waals surface area contributed by atoms with Crippen LogP contribution in [0.5, 0.6) is 0 Å². The van der Waals surface area contributed by atoms with Gasteiger partial charge in [0.05, 0.1) is 12.3 Å². The molecule has 1 aromatic carbocycles. The Morgan fingerprint density at radius 3 is 2.38 bits per heavy atom. The minimum atomic E-state index is -1.08. The van der Waals surface area contributed by atoms with Crippen molar-refractivity contribution < 1.29 is 15.0 Å². The van der Waals surface area contributed by atoms with Gasteiger partial charge >= 0.3 is 5.97 Å². The van der Waals surface area contributed by atoms with Crippen LogP contribution in [0.25, 0.3) is 5.69 Å². The van der Waals surface area contributed by atoms with E-state index in [1.54, 1.807) is 0 Å². The second-order valence-corrected chi connectivity index (χ2v) is 5.85. The molecule has 0 bridgehead atoms. The molecule has 0 aliphatic carbocycles. The van der Waals surface area contributed by atoms with Crippen molar-refractivity contribution >= 4 is 11.8 Å². The summed E-state index contributed by atoms with van der Waals surface area (Å²) in [5, 5.41) is 27.0. The topological polar surface area (TPSA) is 94.7 Å². The number of hydrogen-bond acceptors (Lipinski definition) is 6. The molecule has 8 nitrogen and oxygen atoms in total. The number of benzene rings is 1. The average Bonchev–Trinajstić information content (AvgIpc) is 3.02. The molecule has 1 aliphatic heterocycles. The molecule has 2 heterocycles. The highest BCUT2D eigenvalue weighted by Crippen LogP contribution is 2.20. The highest BCUT2D eigenvalue weighted by molar-refractivity contribution is 5.91. The van der Waals surface area contributed by atoms with Crippen molar-refractivity contribution in [3.8, 4) is 5.69 Å². The third-order valence-electron chi connectivity index (χ3n) is 4.15. The van der Waals surface area contributed by atoms with Crippen molar-refractivity contribution in [3.05, 3.63) is 35.5 Å². The normalized spacial score (nSPS) is 15.7. The van der Waals surface area contributed by atoms with Crippen LogP contribution in [0, 0.1) is 6.92 Å². The molecule has 0 spiro atoms. The number of aromatic nitrogens is 3. The van der Waals surface area contributed by atoms with Crippen molar-refractivity contribution in [2.24, 2.45) is 0 Å². The van der Waals surface area contributed by atoms with Gasteiger partial charge in [-0.05, 0) is 19.1 Å². The maximum absolute atomic E-state index is 11.5. The van der Waals surface area contributed by atoms with Crippen LogP contribution in [0.3, 0.4) is 0 Å². The zero-order chi connectivity index (χ0) is 17.1. The lowest BCUT2D eigenvalue weighted by atomic mass is 10.2. The third-order valence-corrected chi connectivity index (χ3v) is 4.15. The first kappa shape index (κ1) is 16.4. The second kappa shape index (κ2) is 6.98. The number of hydrogen-bond donors (Lipinski definition) is 2. The third kappa shape index (κ3) is 3.39.